The van der Waals surface area contributed by atoms with Crippen molar-refractivity contribution in [2.24, 2.45) is 5.73 Å². The fourth-order valence-corrected chi connectivity index (χ4v) is 2.84. The van der Waals surface area contributed by atoms with Crippen LogP contribution in [0.5, 0.6) is 0 Å². The van der Waals surface area contributed by atoms with Gasteiger partial charge in [0.1, 0.15) is 16.6 Å². The zero-order valence-corrected chi connectivity index (χ0v) is 11.4. The number of thiazole rings is 1. The van der Waals surface area contributed by atoms with Crippen LogP contribution in [0.4, 0.5) is 8.78 Å². The first-order valence-electron chi connectivity index (χ1n) is 5.73. The molecule has 0 aliphatic heterocycles. The monoisotopic (exact) mass is 284 g/mol. The molecule has 0 saturated heterocycles. The van der Waals surface area contributed by atoms with Crippen molar-refractivity contribution in [3.63, 3.8) is 0 Å². The molecule has 2 N–H and O–H groups in total. The summed E-state index contributed by atoms with van der Waals surface area (Å²) in [6.45, 7) is 2.07. The molecule has 1 aromatic heterocycles. The second kappa shape index (κ2) is 5.73. The highest BCUT2D eigenvalue weighted by Crippen LogP contribution is 2.34. The maximum atomic E-state index is 13.7. The highest BCUT2D eigenvalue weighted by molar-refractivity contribution is 7.15. The summed E-state index contributed by atoms with van der Waals surface area (Å²) in [5, 5.41) is 0.287. The molecule has 19 heavy (non-hydrogen) atoms. The van der Waals surface area contributed by atoms with Crippen LogP contribution in [0.15, 0.2) is 18.2 Å². The summed E-state index contributed by atoms with van der Waals surface area (Å²) < 4.78 is 32.5. The van der Waals surface area contributed by atoms with Crippen LogP contribution in [-0.4, -0.2) is 12.1 Å². The molecule has 0 radical (unpaired) electrons. The average Bonchev–Trinajstić information content (AvgIpc) is 2.73. The lowest BCUT2D eigenvalue weighted by molar-refractivity contribution is 0.181. The number of methoxy groups -OCH3 is 1. The molecule has 1 atom stereocenters. The van der Waals surface area contributed by atoms with Crippen molar-refractivity contribution in [3.8, 4) is 10.6 Å². The lowest BCUT2D eigenvalue weighted by Gasteiger charge is -2.03. The molecule has 0 aliphatic rings. The molecule has 2 rings (SSSR count). The van der Waals surface area contributed by atoms with Gasteiger partial charge >= 0.3 is 0 Å². The second-order valence-corrected chi connectivity index (χ2v) is 5.18. The average molecular weight is 284 g/mol. The van der Waals surface area contributed by atoms with E-state index in [9.17, 15) is 8.78 Å². The largest absolute Gasteiger partial charge is 0.378 e. The van der Waals surface area contributed by atoms with Crippen LogP contribution < -0.4 is 5.73 Å². The second-order valence-electron chi connectivity index (χ2n) is 4.15. The fourth-order valence-electron chi connectivity index (χ4n) is 1.77. The van der Waals surface area contributed by atoms with Gasteiger partial charge in [-0.2, -0.15) is 0 Å². The first kappa shape index (κ1) is 14.0. The SMILES string of the molecule is COCc1nc(-c2c(F)cccc2F)sc1C(C)N. The minimum atomic E-state index is -0.631. The van der Waals surface area contributed by atoms with Crippen molar-refractivity contribution in [3.05, 3.63) is 40.4 Å². The third-order valence-electron chi connectivity index (χ3n) is 2.60. The molecule has 0 bridgehead atoms. The van der Waals surface area contributed by atoms with Crippen molar-refractivity contribution < 1.29 is 13.5 Å². The minimum absolute atomic E-state index is 0.114. The molecule has 0 aliphatic carbocycles. The molecular formula is C13H14F2N2OS. The Kier molecular flexibility index (Phi) is 4.24. The van der Waals surface area contributed by atoms with Gasteiger partial charge in [0.25, 0.3) is 0 Å². The Morgan fingerprint density at radius 2 is 2.00 bits per heavy atom. The van der Waals surface area contributed by atoms with Gasteiger partial charge in [0, 0.05) is 18.0 Å². The van der Waals surface area contributed by atoms with E-state index in [0.717, 1.165) is 4.88 Å². The fraction of sp³-hybridized carbons (Fsp3) is 0.308. The number of aromatic nitrogens is 1. The zero-order chi connectivity index (χ0) is 14.0. The van der Waals surface area contributed by atoms with Gasteiger partial charge in [0.2, 0.25) is 0 Å². The van der Waals surface area contributed by atoms with E-state index in [2.05, 4.69) is 4.98 Å². The van der Waals surface area contributed by atoms with E-state index in [1.54, 1.807) is 6.92 Å². The molecule has 1 heterocycles. The summed E-state index contributed by atoms with van der Waals surface area (Å²) in [6, 6.07) is 3.48. The summed E-state index contributed by atoms with van der Waals surface area (Å²) in [7, 11) is 1.54. The molecule has 1 aromatic carbocycles. The van der Waals surface area contributed by atoms with Crippen LogP contribution in [0.3, 0.4) is 0 Å². The predicted molar refractivity (Wildman–Crippen MR) is 70.8 cm³/mol. The first-order valence-corrected chi connectivity index (χ1v) is 6.54. The summed E-state index contributed by atoms with van der Waals surface area (Å²) in [5.74, 6) is -1.26. The van der Waals surface area contributed by atoms with Crippen molar-refractivity contribution in [2.75, 3.05) is 7.11 Å². The quantitative estimate of drug-likeness (QED) is 0.937. The first-order chi connectivity index (χ1) is 9.04. The molecular weight excluding hydrogens is 270 g/mol. The van der Waals surface area contributed by atoms with E-state index in [1.807, 2.05) is 0 Å². The van der Waals surface area contributed by atoms with Crippen LogP contribution in [0.2, 0.25) is 0 Å². The van der Waals surface area contributed by atoms with E-state index in [4.69, 9.17) is 10.5 Å². The van der Waals surface area contributed by atoms with Gasteiger partial charge in [-0.3, -0.25) is 0 Å². The third kappa shape index (κ3) is 2.80. The molecule has 0 amide bonds. The predicted octanol–water partition coefficient (Wildman–Crippen LogP) is 3.25. The highest BCUT2D eigenvalue weighted by Gasteiger charge is 2.20. The standard InChI is InChI=1S/C13H14F2N2OS/c1-7(16)12-10(6-18-2)17-13(19-12)11-8(14)4-3-5-9(11)15/h3-5,7H,6,16H2,1-2H3. The topological polar surface area (TPSA) is 48.1 Å². The molecule has 0 spiro atoms. The smallest absolute Gasteiger partial charge is 0.136 e. The number of rotatable bonds is 4. The highest BCUT2D eigenvalue weighted by atomic mass is 32.1. The van der Waals surface area contributed by atoms with Crippen molar-refractivity contribution in [2.45, 2.75) is 19.6 Å². The molecule has 6 heteroatoms. The Bertz CT molecular complexity index is 564. The Balaban J connectivity index is 2.54. The number of halogens is 2. The van der Waals surface area contributed by atoms with E-state index in [1.165, 1.54) is 36.6 Å². The van der Waals surface area contributed by atoms with Crippen molar-refractivity contribution in [1.29, 1.82) is 0 Å². The summed E-state index contributed by atoms with van der Waals surface area (Å²) in [4.78, 5) is 5.02. The van der Waals surface area contributed by atoms with Crippen molar-refractivity contribution in [1.82, 2.24) is 4.98 Å². The van der Waals surface area contributed by atoms with Gasteiger partial charge in [-0.15, -0.1) is 11.3 Å². The summed E-state index contributed by atoms with van der Waals surface area (Å²) >= 11 is 1.19. The van der Waals surface area contributed by atoms with Crippen LogP contribution in [0.25, 0.3) is 10.6 Å². The Labute approximate surface area is 114 Å². The number of ether oxygens (including phenoxy) is 1. The van der Waals surface area contributed by atoms with E-state index < -0.39 is 11.6 Å². The maximum Gasteiger partial charge on any atom is 0.136 e. The van der Waals surface area contributed by atoms with Crippen LogP contribution >= 0.6 is 11.3 Å². The number of benzene rings is 1. The molecule has 1 unspecified atom stereocenters. The van der Waals surface area contributed by atoms with Crippen LogP contribution in [0, 0.1) is 11.6 Å². The molecule has 3 nitrogen and oxygen atoms in total. The maximum absolute atomic E-state index is 13.7. The molecule has 2 aromatic rings. The Morgan fingerprint density at radius 3 is 2.53 bits per heavy atom. The lowest BCUT2D eigenvalue weighted by Crippen LogP contribution is -2.06. The summed E-state index contributed by atoms with van der Waals surface area (Å²) in [6.07, 6.45) is 0. The number of nitrogens with zero attached hydrogens (tertiary/aromatic N) is 1. The van der Waals surface area contributed by atoms with Crippen LogP contribution in [0.1, 0.15) is 23.5 Å². The number of nitrogens with two attached hydrogens (primary N) is 1. The molecule has 0 saturated carbocycles. The van der Waals surface area contributed by atoms with Gasteiger partial charge in [-0.25, -0.2) is 13.8 Å². The number of hydrogen-bond donors (Lipinski definition) is 1. The Morgan fingerprint density at radius 1 is 1.37 bits per heavy atom. The van der Waals surface area contributed by atoms with E-state index in [0.29, 0.717) is 5.69 Å². The van der Waals surface area contributed by atoms with E-state index in [-0.39, 0.29) is 23.2 Å². The van der Waals surface area contributed by atoms with E-state index >= 15 is 0 Å². The zero-order valence-electron chi connectivity index (χ0n) is 10.6. The Hall–Kier alpha value is -1.37. The van der Waals surface area contributed by atoms with Gasteiger partial charge in [0.05, 0.1) is 17.9 Å². The summed E-state index contributed by atoms with van der Waals surface area (Å²) in [5.41, 5.74) is 6.35. The normalized spacial score (nSPS) is 12.7. The lowest BCUT2D eigenvalue weighted by atomic mass is 10.2. The van der Waals surface area contributed by atoms with Gasteiger partial charge in [-0.1, -0.05) is 6.07 Å². The van der Waals surface area contributed by atoms with Gasteiger partial charge in [-0.05, 0) is 19.1 Å². The third-order valence-corrected chi connectivity index (χ3v) is 3.91. The van der Waals surface area contributed by atoms with Gasteiger partial charge in [0.15, 0.2) is 0 Å². The van der Waals surface area contributed by atoms with Gasteiger partial charge < -0.3 is 10.5 Å². The minimum Gasteiger partial charge on any atom is -0.378 e. The number of hydrogen-bond acceptors (Lipinski definition) is 4. The van der Waals surface area contributed by atoms with Crippen LogP contribution in [-0.2, 0) is 11.3 Å². The molecule has 0 fully saturated rings. The molecule has 102 valence electrons. The van der Waals surface area contributed by atoms with Crippen molar-refractivity contribution >= 4 is 11.3 Å².